The van der Waals surface area contributed by atoms with Gasteiger partial charge in [0.15, 0.2) is 5.65 Å². The van der Waals surface area contributed by atoms with Gasteiger partial charge in [-0.25, -0.2) is 9.97 Å². The highest BCUT2D eigenvalue weighted by Crippen LogP contribution is 2.25. The first-order valence-electron chi connectivity index (χ1n) is 12.6. The Morgan fingerprint density at radius 3 is 2.53 bits per heavy atom. The number of anilines is 3. The molecule has 0 atom stereocenters. The van der Waals surface area contributed by atoms with Gasteiger partial charge < -0.3 is 21.1 Å². The number of fused-ring (bicyclic) bond motifs is 1. The standard InChI is InChI=1S/C28H32N8O2/c1-28(2,38)17-34-12-14-35(15-13-34)23-9-7-22(8-10-23)32-27-31-19-36-18-30-25(26(36)33-27)21-5-3-4-20(16-21)6-11-24(29)37/h3-11,16,18-19,38H,12-15,17H2,1-2H3,(H2,29,37)(H,32,33). The molecule has 0 aliphatic carbocycles. The topological polar surface area (TPSA) is 125 Å². The molecular weight excluding hydrogens is 480 g/mol. The number of hydrogen-bond acceptors (Lipinski definition) is 8. The molecule has 1 fully saturated rings. The average Bonchev–Trinajstić information content (AvgIpc) is 3.31. The Morgan fingerprint density at radius 1 is 1.08 bits per heavy atom. The Morgan fingerprint density at radius 2 is 1.82 bits per heavy atom. The van der Waals surface area contributed by atoms with Crippen LogP contribution in [0.25, 0.3) is 23.0 Å². The minimum Gasteiger partial charge on any atom is -0.389 e. The number of aromatic nitrogens is 4. The number of nitrogens with zero attached hydrogens (tertiary/aromatic N) is 6. The van der Waals surface area contributed by atoms with Crippen LogP contribution in [0, 0.1) is 0 Å². The predicted molar refractivity (Wildman–Crippen MR) is 149 cm³/mol. The number of nitrogens with one attached hydrogen (secondary N) is 1. The van der Waals surface area contributed by atoms with E-state index >= 15 is 0 Å². The van der Waals surface area contributed by atoms with Gasteiger partial charge in [-0.15, -0.1) is 0 Å². The lowest BCUT2D eigenvalue weighted by Crippen LogP contribution is -2.50. The summed E-state index contributed by atoms with van der Waals surface area (Å²) in [6.07, 6.45) is 6.36. The van der Waals surface area contributed by atoms with E-state index in [4.69, 9.17) is 10.7 Å². The molecule has 3 heterocycles. The van der Waals surface area contributed by atoms with Gasteiger partial charge in [0.1, 0.15) is 18.3 Å². The van der Waals surface area contributed by atoms with Crippen LogP contribution in [0.3, 0.4) is 0 Å². The number of amides is 1. The monoisotopic (exact) mass is 512 g/mol. The first kappa shape index (κ1) is 25.4. The van der Waals surface area contributed by atoms with Crippen LogP contribution in [0.5, 0.6) is 0 Å². The second-order valence-electron chi connectivity index (χ2n) is 10.1. The molecule has 196 valence electrons. The fraction of sp³-hybridized carbons (Fsp3) is 0.286. The summed E-state index contributed by atoms with van der Waals surface area (Å²) in [6.45, 7) is 8.09. The molecule has 4 aromatic rings. The molecule has 1 aliphatic rings. The van der Waals surface area contributed by atoms with E-state index in [9.17, 15) is 9.90 Å². The van der Waals surface area contributed by atoms with E-state index in [1.54, 1.807) is 23.1 Å². The molecule has 2 aromatic heterocycles. The third-order valence-electron chi connectivity index (χ3n) is 6.36. The van der Waals surface area contributed by atoms with Gasteiger partial charge >= 0.3 is 0 Å². The number of rotatable bonds is 8. The number of nitrogens with two attached hydrogens (primary N) is 1. The quantitative estimate of drug-likeness (QED) is 0.308. The van der Waals surface area contributed by atoms with E-state index in [-0.39, 0.29) is 0 Å². The Hall–Kier alpha value is -4.28. The maximum absolute atomic E-state index is 11.1. The fourth-order valence-electron chi connectivity index (χ4n) is 4.62. The summed E-state index contributed by atoms with van der Waals surface area (Å²) in [6, 6.07) is 15.9. The van der Waals surface area contributed by atoms with Crippen molar-refractivity contribution in [3.63, 3.8) is 0 Å². The summed E-state index contributed by atoms with van der Waals surface area (Å²) in [7, 11) is 0. The van der Waals surface area contributed by atoms with Crippen LogP contribution in [0.15, 0.2) is 67.3 Å². The smallest absolute Gasteiger partial charge is 0.241 e. The highest BCUT2D eigenvalue weighted by atomic mass is 16.3. The van der Waals surface area contributed by atoms with Crippen LogP contribution in [0.4, 0.5) is 17.3 Å². The molecule has 0 bridgehead atoms. The maximum Gasteiger partial charge on any atom is 0.241 e. The van der Waals surface area contributed by atoms with Crippen molar-refractivity contribution in [3.05, 3.63) is 72.8 Å². The lowest BCUT2D eigenvalue weighted by atomic mass is 10.1. The Labute approximate surface area is 221 Å². The van der Waals surface area contributed by atoms with Gasteiger partial charge in [0.05, 0.1) is 5.60 Å². The molecule has 0 saturated carbocycles. The zero-order valence-electron chi connectivity index (χ0n) is 21.6. The van der Waals surface area contributed by atoms with Crippen molar-refractivity contribution in [2.24, 2.45) is 5.73 Å². The molecule has 0 unspecified atom stereocenters. The molecular formula is C28H32N8O2. The van der Waals surface area contributed by atoms with Crippen LogP contribution in [0.2, 0.25) is 0 Å². The Balaban J connectivity index is 1.28. The van der Waals surface area contributed by atoms with Crippen molar-refractivity contribution >= 4 is 35.0 Å². The van der Waals surface area contributed by atoms with Gasteiger partial charge in [-0.3, -0.25) is 14.1 Å². The van der Waals surface area contributed by atoms with Crippen LogP contribution >= 0.6 is 0 Å². The molecule has 1 amide bonds. The van der Waals surface area contributed by atoms with Crippen molar-refractivity contribution in [3.8, 4) is 11.3 Å². The van der Waals surface area contributed by atoms with Crippen LogP contribution in [0.1, 0.15) is 19.4 Å². The Kier molecular flexibility index (Phi) is 7.08. The summed E-state index contributed by atoms with van der Waals surface area (Å²) in [4.78, 5) is 29.4. The van der Waals surface area contributed by atoms with Gasteiger partial charge in [0.25, 0.3) is 0 Å². The maximum atomic E-state index is 11.1. The molecule has 10 nitrogen and oxygen atoms in total. The first-order valence-corrected chi connectivity index (χ1v) is 12.6. The third kappa shape index (κ3) is 6.16. The van der Waals surface area contributed by atoms with E-state index in [0.29, 0.717) is 23.8 Å². The summed E-state index contributed by atoms with van der Waals surface area (Å²) in [5.74, 6) is -0.0268. The zero-order valence-corrected chi connectivity index (χ0v) is 21.6. The van der Waals surface area contributed by atoms with Crippen LogP contribution in [-0.2, 0) is 4.79 Å². The van der Waals surface area contributed by atoms with Crippen molar-refractivity contribution in [1.29, 1.82) is 0 Å². The molecule has 0 radical (unpaired) electrons. The molecule has 4 N–H and O–H groups in total. The second-order valence-corrected chi connectivity index (χ2v) is 10.1. The van der Waals surface area contributed by atoms with Gasteiger partial charge in [-0.05, 0) is 55.8 Å². The highest BCUT2D eigenvalue weighted by molar-refractivity contribution is 5.90. The van der Waals surface area contributed by atoms with Gasteiger partial charge in [0, 0.05) is 55.7 Å². The molecule has 0 spiro atoms. The normalized spacial score (nSPS) is 14.9. The van der Waals surface area contributed by atoms with E-state index < -0.39 is 11.5 Å². The summed E-state index contributed by atoms with van der Waals surface area (Å²) < 4.78 is 1.77. The molecule has 1 saturated heterocycles. The summed E-state index contributed by atoms with van der Waals surface area (Å²) in [5.41, 5.74) is 9.69. The molecule has 10 heteroatoms. The number of carbonyl (C=O) groups is 1. The minimum absolute atomic E-state index is 0.469. The van der Waals surface area contributed by atoms with Gasteiger partial charge in [-0.1, -0.05) is 18.2 Å². The fourth-order valence-corrected chi connectivity index (χ4v) is 4.62. The third-order valence-corrected chi connectivity index (χ3v) is 6.36. The van der Waals surface area contributed by atoms with Crippen molar-refractivity contribution in [2.75, 3.05) is 42.9 Å². The molecule has 2 aromatic carbocycles. The van der Waals surface area contributed by atoms with E-state index in [1.165, 1.54) is 6.08 Å². The SMILES string of the molecule is CC(C)(O)CN1CCN(c2ccc(Nc3ncn4cnc(-c5cccc(C=CC(N)=O)c5)c4n3)cc2)CC1. The summed E-state index contributed by atoms with van der Waals surface area (Å²) in [5, 5.41) is 13.4. The Bertz CT molecular complexity index is 1450. The highest BCUT2D eigenvalue weighted by Gasteiger charge is 2.22. The van der Waals surface area contributed by atoms with E-state index in [0.717, 1.165) is 48.7 Å². The number of benzene rings is 2. The predicted octanol–water partition coefficient (Wildman–Crippen LogP) is 2.93. The van der Waals surface area contributed by atoms with E-state index in [1.807, 2.05) is 50.2 Å². The number of primary amides is 1. The van der Waals surface area contributed by atoms with Crippen molar-refractivity contribution in [2.45, 2.75) is 19.4 Å². The molecule has 1 aliphatic heterocycles. The average molecular weight is 513 g/mol. The lowest BCUT2D eigenvalue weighted by Gasteiger charge is -2.38. The number of β-amino-alcohol motifs (C(OH)–C–C–N with tert-alkyl or cyclic N) is 1. The first-order chi connectivity index (χ1) is 18.2. The van der Waals surface area contributed by atoms with E-state index in [2.05, 4.69) is 37.2 Å². The largest absolute Gasteiger partial charge is 0.389 e. The summed E-state index contributed by atoms with van der Waals surface area (Å²) >= 11 is 0. The number of imidazole rings is 1. The number of aliphatic hydroxyl groups is 1. The zero-order chi connectivity index (χ0) is 26.7. The van der Waals surface area contributed by atoms with Crippen LogP contribution < -0.4 is 16.0 Å². The van der Waals surface area contributed by atoms with Gasteiger partial charge in [0.2, 0.25) is 11.9 Å². The molecule has 38 heavy (non-hydrogen) atoms. The second kappa shape index (κ2) is 10.6. The molecule has 5 rings (SSSR count). The number of carbonyl (C=O) groups excluding carboxylic acids is 1. The van der Waals surface area contributed by atoms with Crippen molar-refractivity contribution in [1.82, 2.24) is 24.3 Å². The lowest BCUT2D eigenvalue weighted by molar-refractivity contribution is -0.113. The van der Waals surface area contributed by atoms with Crippen LogP contribution in [-0.4, -0.2) is 73.6 Å². The minimum atomic E-state index is -0.675. The number of hydrogen-bond donors (Lipinski definition) is 3. The van der Waals surface area contributed by atoms with Crippen molar-refractivity contribution < 1.29 is 9.90 Å². The number of piperazine rings is 1. The van der Waals surface area contributed by atoms with Gasteiger partial charge in [-0.2, -0.15) is 4.98 Å².